The van der Waals surface area contributed by atoms with Gasteiger partial charge in [-0.1, -0.05) is 58.8 Å². The normalized spacial score (nSPS) is 26.6. The first-order valence-electron chi connectivity index (χ1n) is 7.58. The van der Waals surface area contributed by atoms with Crippen molar-refractivity contribution in [1.82, 2.24) is 5.32 Å². The van der Waals surface area contributed by atoms with Gasteiger partial charge in [0.15, 0.2) is 0 Å². The lowest BCUT2D eigenvalue weighted by atomic mass is 9.85. The van der Waals surface area contributed by atoms with Gasteiger partial charge in [0.2, 0.25) is 0 Å². The first-order chi connectivity index (χ1) is 7.83. The first kappa shape index (κ1) is 14.0. The van der Waals surface area contributed by atoms with Crippen molar-refractivity contribution in [3.63, 3.8) is 0 Å². The molecule has 1 aliphatic rings. The second-order valence-corrected chi connectivity index (χ2v) is 5.54. The largest absolute Gasteiger partial charge is 0.311 e. The fraction of sp³-hybridized carbons (Fsp3) is 1.00. The molecule has 0 aromatic heterocycles. The maximum atomic E-state index is 3.84. The van der Waals surface area contributed by atoms with Crippen LogP contribution in [0, 0.1) is 0 Å². The lowest BCUT2D eigenvalue weighted by molar-refractivity contribution is 0.273. The van der Waals surface area contributed by atoms with Crippen molar-refractivity contribution >= 4 is 0 Å². The minimum atomic E-state index is 0.503. The summed E-state index contributed by atoms with van der Waals surface area (Å²) in [4.78, 5) is 0. The first-order valence-corrected chi connectivity index (χ1v) is 7.58. The fourth-order valence-corrected chi connectivity index (χ4v) is 2.97. The molecule has 1 rings (SSSR count). The minimum Gasteiger partial charge on any atom is -0.311 e. The summed E-state index contributed by atoms with van der Waals surface area (Å²) in [5, 5.41) is 3.84. The van der Waals surface area contributed by atoms with Crippen LogP contribution in [0.2, 0.25) is 0 Å². The summed E-state index contributed by atoms with van der Waals surface area (Å²) in [5.74, 6) is 0. The molecule has 1 fully saturated rings. The zero-order valence-electron chi connectivity index (χ0n) is 11.5. The maximum Gasteiger partial charge on any atom is 0.0178 e. The van der Waals surface area contributed by atoms with Gasteiger partial charge in [-0.2, -0.15) is 0 Å². The van der Waals surface area contributed by atoms with Crippen molar-refractivity contribution in [3.8, 4) is 0 Å². The van der Waals surface area contributed by atoms with Gasteiger partial charge < -0.3 is 5.32 Å². The quantitative estimate of drug-likeness (QED) is 0.621. The number of hydrogen-bond donors (Lipinski definition) is 1. The predicted molar refractivity (Wildman–Crippen MR) is 72.9 cm³/mol. The van der Waals surface area contributed by atoms with Crippen molar-refractivity contribution in [2.45, 2.75) is 90.0 Å². The van der Waals surface area contributed by atoms with Crippen LogP contribution >= 0.6 is 0 Å². The molecule has 0 amide bonds. The zero-order chi connectivity index (χ0) is 11.7. The van der Waals surface area contributed by atoms with E-state index in [1.54, 1.807) is 0 Å². The molecular weight excluding hydrogens is 194 g/mol. The van der Waals surface area contributed by atoms with Gasteiger partial charge in [-0.15, -0.1) is 0 Å². The summed E-state index contributed by atoms with van der Waals surface area (Å²) in [6.07, 6.45) is 15.5. The van der Waals surface area contributed by atoms with Gasteiger partial charge in [-0.3, -0.25) is 0 Å². The molecule has 0 aromatic carbocycles. The molecule has 1 aliphatic heterocycles. The average Bonchev–Trinajstić information content (AvgIpc) is 2.55. The van der Waals surface area contributed by atoms with Crippen LogP contribution in [0.15, 0.2) is 0 Å². The second-order valence-electron chi connectivity index (χ2n) is 5.54. The highest BCUT2D eigenvalue weighted by Crippen LogP contribution is 2.28. The Morgan fingerprint density at radius 3 is 2.50 bits per heavy atom. The molecule has 0 aromatic rings. The predicted octanol–water partition coefficient (Wildman–Crippen LogP) is 4.66. The van der Waals surface area contributed by atoms with Gasteiger partial charge in [0, 0.05) is 5.54 Å². The van der Waals surface area contributed by atoms with Gasteiger partial charge in [-0.25, -0.2) is 0 Å². The van der Waals surface area contributed by atoms with Crippen LogP contribution in [0.25, 0.3) is 0 Å². The van der Waals surface area contributed by atoms with E-state index in [0.29, 0.717) is 5.54 Å². The third-order valence-corrected chi connectivity index (χ3v) is 4.27. The molecule has 1 nitrogen and oxygen atoms in total. The van der Waals surface area contributed by atoms with Crippen LogP contribution in [0.1, 0.15) is 84.5 Å². The second kappa shape index (κ2) is 8.11. The van der Waals surface area contributed by atoms with E-state index in [1.807, 2.05) is 0 Å². The Kier molecular flexibility index (Phi) is 7.11. The lowest BCUT2D eigenvalue weighted by Crippen LogP contribution is -2.43. The van der Waals surface area contributed by atoms with Crippen LogP contribution < -0.4 is 5.32 Å². The van der Waals surface area contributed by atoms with Crippen molar-refractivity contribution in [2.24, 2.45) is 0 Å². The lowest BCUT2D eigenvalue weighted by Gasteiger charge is -2.33. The topological polar surface area (TPSA) is 12.0 Å². The van der Waals surface area contributed by atoms with Crippen molar-refractivity contribution in [2.75, 3.05) is 6.54 Å². The van der Waals surface area contributed by atoms with Crippen LogP contribution in [-0.2, 0) is 0 Å². The van der Waals surface area contributed by atoms with Gasteiger partial charge in [0.05, 0.1) is 0 Å². The van der Waals surface area contributed by atoms with Gasteiger partial charge >= 0.3 is 0 Å². The smallest absolute Gasteiger partial charge is 0.0178 e. The number of rotatable bonds is 7. The summed E-state index contributed by atoms with van der Waals surface area (Å²) in [7, 11) is 0. The molecule has 0 bridgehead atoms. The molecule has 1 atom stereocenters. The van der Waals surface area contributed by atoms with Crippen molar-refractivity contribution < 1.29 is 0 Å². The molecule has 0 aliphatic carbocycles. The zero-order valence-corrected chi connectivity index (χ0v) is 11.5. The van der Waals surface area contributed by atoms with Crippen LogP contribution in [-0.4, -0.2) is 12.1 Å². The molecule has 0 saturated carbocycles. The van der Waals surface area contributed by atoms with Crippen LogP contribution in [0.3, 0.4) is 0 Å². The fourth-order valence-electron chi connectivity index (χ4n) is 2.97. The summed E-state index contributed by atoms with van der Waals surface area (Å²) >= 11 is 0. The molecule has 0 spiro atoms. The molecule has 1 heteroatoms. The third-order valence-electron chi connectivity index (χ3n) is 4.27. The molecule has 0 radical (unpaired) electrons. The van der Waals surface area contributed by atoms with E-state index in [2.05, 4.69) is 19.2 Å². The van der Waals surface area contributed by atoms with Gasteiger partial charge in [-0.05, 0) is 32.2 Å². The maximum absolute atomic E-state index is 3.84. The number of unbranched alkanes of at least 4 members (excludes halogenated alkanes) is 4. The number of hydrogen-bond acceptors (Lipinski definition) is 1. The van der Waals surface area contributed by atoms with E-state index in [1.165, 1.54) is 77.2 Å². The molecule has 96 valence electrons. The Morgan fingerprint density at radius 1 is 0.938 bits per heavy atom. The van der Waals surface area contributed by atoms with E-state index in [4.69, 9.17) is 0 Å². The molecule has 16 heavy (non-hydrogen) atoms. The Hall–Kier alpha value is -0.0400. The monoisotopic (exact) mass is 225 g/mol. The van der Waals surface area contributed by atoms with Crippen LogP contribution in [0.4, 0.5) is 0 Å². The van der Waals surface area contributed by atoms with E-state index in [0.717, 1.165) is 0 Å². The highest BCUT2D eigenvalue weighted by atomic mass is 15.0. The summed E-state index contributed by atoms with van der Waals surface area (Å²) in [5.41, 5.74) is 0.503. The SMILES string of the molecule is CCCCCCCC1(CC)CCCCCN1. The molecule has 1 N–H and O–H groups in total. The van der Waals surface area contributed by atoms with E-state index >= 15 is 0 Å². The molecular formula is C15H31N. The minimum absolute atomic E-state index is 0.503. The molecule has 1 unspecified atom stereocenters. The molecule has 1 saturated heterocycles. The van der Waals surface area contributed by atoms with Crippen molar-refractivity contribution in [3.05, 3.63) is 0 Å². The van der Waals surface area contributed by atoms with Gasteiger partial charge in [0.1, 0.15) is 0 Å². The summed E-state index contributed by atoms with van der Waals surface area (Å²) < 4.78 is 0. The van der Waals surface area contributed by atoms with Gasteiger partial charge in [0.25, 0.3) is 0 Å². The summed E-state index contributed by atoms with van der Waals surface area (Å²) in [6.45, 7) is 5.91. The summed E-state index contributed by atoms with van der Waals surface area (Å²) in [6, 6.07) is 0. The Bertz CT molecular complexity index is 157. The van der Waals surface area contributed by atoms with E-state index < -0.39 is 0 Å². The Labute approximate surface area is 102 Å². The molecule has 1 heterocycles. The average molecular weight is 225 g/mol. The number of nitrogens with one attached hydrogen (secondary N) is 1. The van der Waals surface area contributed by atoms with E-state index in [9.17, 15) is 0 Å². The standard InChI is InChI=1S/C15H31N/c1-3-5-6-7-9-12-15(4-2)13-10-8-11-14-16-15/h16H,3-14H2,1-2H3. The highest BCUT2D eigenvalue weighted by molar-refractivity contribution is 4.88. The third kappa shape index (κ3) is 4.86. The Balaban J connectivity index is 2.22. The van der Waals surface area contributed by atoms with E-state index in [-0.39, 0.29) is 0 Å². The highest BCUT2D eigenvalue weighted by Gasteiger charge is 2.27. The van der Waals surface area contributed by atoms with Crippen LogP contribution in [0.5, 0.6) is 0 Å². The van der Waals surface area contributed by atoms with Crippen molar-refractivity contribution in [1.29, 1.82) is 0 Å². The Morgan fingerprint density at radius 2 is 1.75 bits per heavy atom.